The molecule has 33 heavy (non-hydrogen) atoms. The quantitative estimate of drug-likeness (QED) is 0.642. The summed E-state index contributed by atoms with van der Waals surface area (Å²) in [5.41, 5.74) is 1.19. The lowest BCUT2D eigenvalue weighted by Gasteiger charge is -2.40. The number of nitrogens with one attached hydrogen (secondary N) is 1. The summed E-state index contributed by atoms with van der Waals surface area (Å²) >= 11 is 6.12. The van der Waals surface area contributed by atoms with Crippen molar-refractivity contribution in [2.24, 2.45) is 5.92 Å². The minimum absolute atomic E-state index is 0.108. The Labute approximate surface area is 198 Å². The first-order valence-corrected chi connectivity index (χ1v) is 11.9. The zero-order valence-electron chi connectivity index (χ0n) is 18.7. The van der Waals surface area contributed by atoms with Crippen molar-refractivity contribution >= 4 is 23.5 Å². The minimum atomic E-state index is -0.838. The van der Waals surface area contributed by atoms with Gasteiger partial charge in [-0.25, -0.2) is 4.79 Å². The molecule has 2 saturated heterocycles. The number of carbonyl (C=O) groups excluding carboxylic acids is 2. The number of benzene rings is 2. The van der Waals surface area contributed by atoms with E-state index in [2.05, 4.69) is 16.3 Å². The van der Waals surface area contributed by atoms with Crippen molar-refractivity contribution < 1.29 is 19.1 Å². The van der Waals surface area contributed by atoms with Crippen molar-refractivity contribution in [3.8, 4) is 11.5 Å². The molecule has 7 nitrogen and oxygen atoms in total. The number of nitrogens with zero attached hydrogens (tertiary/aromatic N) is 2. The SMILES string of the molecule is CCC1(C2CCN(Cc3cccc(Cl)c3)CC2)NC(=O)N(Cc2ccc3c(c2)OCO3)C1=O. The van der Waals surface area contributed by atoms with Gasteiger partial charge in [0.25, 0.3) is 5.91 Å². The van der Waals surface area contributed by atoms with E-state index in [0.29, 0.717) is 17.9 Å². The number of amides is 3. The summed E-state index contributed by atoms with van der Waals surface area (Å²) in [4.78, 5) is 30.2. The molecule has 5 rings (SSSR count). The molecule has 1 atom stereocenters. The van der Waals surface area contributed by atoms with Crippen molar-refractivity contribution in [3.63, 3.8) is 0 Å². The molecule has 0 bridgehead atoms. The number of hydrogen-bond donors (Lipinski definition) is 1. The van der Waals surface area contributed by atoms with Crippen LogP contribution >= 0.6 is 11.6 Å². The molecule has 0 spiro atoms. The van der Waals surface area contributed by atoms with E-state index in [4.69, 9.17) is 21.1 Å². The van der Waals surface area contributed by atoms with Gasteiger partial charge in [0.05, 0.1) is 6.54 Å². The van der Waals surface area contributed by atoms with E-state index in [0.717, 1.165) is 43.1 Å². The number of imide groups is 1. The van der Waals surface area contributed by atoms with Crippen LogP contribution in [0.2, 0.25) is 5.02 Å². The average Bonchev–Trinajstić information content (AvgIpc) is 3.38. The van der Waals surface area contributed by atoms with E-state index in [1.165, 1.54) is 10.5 Å². The molecule has 1 N–H and O–H groups in total. The smallest absolute Gasteiger partial charge is 0.325 e. The highest BCUT2D eigenvalue weighted by molar-refractivity contribution is 6.30. The third kappa shape index (κ3) is 4.15. The fourth-order valence-corrected chi connectivity index (χ4v) is 5.51. The molecule has 3 aliphatic heterocycles. The molecule has 3 amide bonds. The summed E-state index contributed by atoms with van der Waals surface area (Å²) in [5, 5.41) is 3.82. The lowest BCUT2D eigenvalue weighted by Crippen LogP contribution is -2.55. The van der Waals surface area contributed by atoms with E-state index in [-0.39, 0.29) is 31.2 Å². The summed E-state index contributed by atoms with van der Waals surface area (Å²) in [6.07, 6.45) is 2.30. The zero-order valence-corrected chi connectivity index (χ0v) is 19.4. The normalized spacial score (nSPS) is 23.3. The molecule has 3 aliphatic rings. The zero-order chi connectivity index (χ0) is 23.0. The number of urea groups is 1. The van der Waals surface area contributed by atoms with E-state index < -0.39 is 5.54 Å². The predicted octanol–water partition coefficient (Wildman–Crippen LogP) is 4.18. The highest BCUT2D eigenvalue weighted by atomic mass is 35.5. The van der Waals surface area contributed by atoms with Gasteiger partial charge in [-0.05, 0) is 73.7 Å². The van der Waals surface area contributed by atoms with Gasteiger partial charge in [-0.2, -0.15) is 0 Å². The van der Waals surface area contributed by atoms with Crippen molar-refractivity contribution in [3.05, 3.63) is 58.6 Å². The van der Waals surface area contributed by atoms with Gasteiger partial charge in [0.15, 0.2) is 11.5 Å². The molecule has 2 aromatic rings. The number of ether oxygens (including phenoxy) is 2. The second-order valence-electron chi connectivity index (χ2n) is 9.01. The van der Waals surface area contributed by atoms with E-state index in [9.17, 15) is 9.59 Å². The van der Waals surface area contributed by atoms with Gasteiger partial charge < -0.3 is 14.8 Å². The van der Waals surface area contributed by atoms with Crippen LogP contribution in [0.15, 0.2) is 42.5 Å². The summed E-state index contributed by atoms with van der Waals surface area (Å²) in [6, 6.07) is 13.1. The van der Waals surface area contributed by atoms with Crippen LogP contribution in [0.4, 0.5) is 4.79 Å². The fourth-order valence-electron chi connectivity index (χ4n) is 5.29. The summed E-state index contributed by atoms with van der Waals surface area (Å²) in [5.74, 6) is 1.31. The molecular formula is C25H28ClN3O4. The molecule has 1 unspecified atom stereocenters. The molecular weight excluding hydrogens is 442 g/mol. The van der Waals surface area contributed by atoms with Crippen molar-refractivity contribution in [2.75, 3.05) is 19.9 Å². The summed E-state index contributed by atoms with van der Waals surface area (Å²) < 4.78 is 10.8. The maximum atomic E-state index is 13.6. The van der Waals surface area contributed by atoms with Gasteiger partial charge in [-0.1, -0.05) is 36.7 Å². The number of piperidine rings is 1. The fraction of sp³-hybridized carbons (Fsp3) is 0.440. The number of rotatable bonds is 6. The van der Waals surface area contributed by atoms with Crippen LogP contribution < -0.4 is 14.8 Å². The van der Waals surface area contributed by atoms with Gasteiger partial charge in [0, 0.05) is 11.6 Å². The molecule has 8 heteroatoms. The lowest BCUT2D eigenvalue weighted by atomic mass is 9.75. The first-order valence-electron chi connectivity index (χ1n) is 11.5. The van der Waals surface area contributed by atoms with Crippen LogP contribution in [-0.4, -0.2) is 47.2 Å². The highest BCUT2D eigenvalue weighted by Gasteiger charge is 2.54. The largest absolute Gasteiger partial charge is 0.454 e. The molecule has 0 radical (unpaired) electrons. The van der Waals surface area contributed by atoms with Crippen LogP contribution in [0.25, 0.3) is 0 Å². The number of hydrogen-bond acceptors (Lipinski definition) is 5. The van der Waals surface area contributed by atoms with Gasteiger partial charge in [-0.3, -0.25) is 14.6 Å². The molecule has 0 aliphatic carbocycles. The number of halogens is 1. The monoisotopic (exact) mass is 469 g/mol. The maximum absolute atomic E-state index is 13.6. The Bertz CT molecular complexity index is 1070. The Kier molecular flexibility index (Phi) is 5.93. The number of carbonyl (C=O) groups is 2. The van der Waals surface area contributed by atoms with Crippen molar-refractivity contribution in [1.29, 1.82) is 0 Å². The van der Waals surface area contributed by atoms with Crippen LogP contribution in [0, 0.1) is 5.92 Å². The van der Waals surface area contributed by atoms with E-state index in [1.807, 2.05) is 43.3 Å². The highest BCUT2D eigenvalue weighted by Crippen LogP contribution is 2.38. The molecule has 3 heterocycles. The molecule has 0 aromatic heterocycles. The molecule has 0 saturated carbocycles. The van der Waals surface area contributed by atoms with Crippen molar-refractivity contribution in [2.45, 2.75) is 44.8 Å². The topological polar surface area (TPSA) is 71.1 Å². The van der Waals surface area contributed by atoms with Gasteiger partial charge >= 0.3 is 6.03 Å². The Balaban J connectivity index is 1.25. The van der Waals surface area contributed by atoms with Gasteiger partial charge in [0.2, 0.25) is 6.79 Å². The van der Waals surface area contributed by atoms with E-state index in [1.54, 1.807) is 0 Å². The van der Waals surface area contributed by atoms with Crippen LogP contribution in [0.5, 0.6) is 11.5 Å². The van der Waals surface area contributed by atoms with Crippen LogP contribution in [0.1, 0.15) is 37.3 Å². The third-order valence-electron chi connectivity index (χ3n) is 7.12. The second kappa shape index (κ2) is 8.88. The molecule has 2 fully saturated rings. The Morgan fingerprint density at radius 3 is 2.55 bits per heavy atom. The minimum Gasteiger partial charge on any atom is -0.454 e. The summed E-state index contributed by atoms with van der Waals surface area (Å²) in [7, 11) is 0. The predicted molar refractivity (Wildman–Crippen MR) is 124 cm³/mol. The van der Waals surface area contributed by atoms with Crippen molar-refractivity contribution in [1.82, 2.24) is 15.1 Å². The average molecular weight is 470 g/mol. The van der Waals surface area contributed by atoms with Crippen LogP contribution in [0.3, 0.4) is 0 Å². The Hall–Kier alpha value is -2.77. The number of likely N-dealkylation sites (tertiary alicyclic amines) is 1. The van der Waals surface area contributed by atoms with Crippen LogP contribution in [-0.2, 0) is 17.9 Å². The first-order chi connectivity index (χ1) is 16.0. The second-order valence-corrected chi connectivity index (χ2v) is 9.45. The standard InChI is InChI=1S/C25H28ClN3O4/c1-2-25(19-8-10-28(11-9-19)14-17-4-3-5-20(26)12-17)23(30)29(24(31)27-25)15-18-6-7-21-22(13-18)33-16-32-21/h3-7,12-13,19H,2,8-11,14-16H2,1H3,(H,27,31). The Morgan fingerprint density at radius 1 is 1.03 bits per heavy atom. The molecule has 174 valence electrons. The Morgan fingerprint density at radius 2 is 1.79 bits per heavy atom. The number of fused-ring (bicyclic) bond motifs is 1. The maximum Gasteiger partial charge on any atom is 0.325 e. The molecule has 2 aromatic carbocycles. The van der Waals surface area contributed by atoms with E-state index >= 15 is 0 Å². The summed E-state index contributed by atoms with van der Waals surface area (Å²) in [6.45, 7) is 4.99. The first kappa shape index (κ1) is 22.0. The third-order valence-corrected chi connectivity index (χ3v) is 7.35. The van der Waals surface area contributed by atoms with Gasteiger partial charge in [-0.15, -0.1) is 0 Å². The van der Waals surface area contributed by atoms with Gasteiger partial charge in [0.1, 0.15) is 5.54 Å². The lowest BCUT2D eigenvalue weighted by molar-refractivity contribution is -0.134.